The van der Waals surface area contributed by atoms with Crippen LogP contribution in [-0.4, -0.2) is 30.4 Å². The number of nitrogens with zero attached hydrogens (tertiary/aromatic N) is 1. The minimum absolute atomic E-state index is 0.0237. The molecule has 1 N–H and O–H groups in total. The van der Waals surface area contributed by atoms with Crippen LogP contribution in [0.25, 0.3) is 0 Å². The summed E-state index contributed by atoms with van der Waals surface area (Å²) in [4.78, 5) is 14.6. The number of halogens is 1. The predicted molar refractivity (Wildman–Crippen MR) is 82.0 cm³/mol. The fraction of sp³-hybridized carbons (Fsp3) is 0.533. The van der Waals surface area contributed by atoms with Crippen LogP contribution in [0.2, 0.25) is 5.02 Å². The summed E-state index contributed by atoms with van der Waals surface area (Å²) < 4.78 is 0. The van der Waals surface area contributed by atoms with Crippen molar-refractivity contribution in [2.45, 2.75) is 33.7 Å². The molecular weight excluding hydrogens is 260 g/mol. The molecule has 0 aromatic heterocycles. The van der Waals surface area contributed by atoms with Crippen molar-refractivity contribution in [3.63, 3.8) is 0 Å². The lowest BCUT2D eigenvalue weighted by atomic mass is 10.1. The second-order valence-electron chi connectivity index (χ2n) is 5.39. The Labute approximate surface area is 120 Å². The first-order valence-electron chi connectivity index (χ1n) is 6.65. The molecule has 0 heterocycles. The Hall–Kier alpha value is -1.22. The zero-order chi connectivity index (χ0) is 14.6. The van der Waals surface area contributed by atoms with Crippen molar-refractivity contribution in [1.29, 1.82) is 0 Å². The molecule has 0 saturated heterocycles. The number of anilines is 1. The average Bonchev–Trinajstić information content (AvgIpc) is 2.34. The highest BCUT2D eigenvalue weighted by Crippen LogP contribution is 2.23. The predicted octanol–water partition coefficient (Wildman–Crippen LogP) is 3.89. The number of rotatable bonds is 5. The van der Waals surface area contributed by atoms with Crippen LogP contribution in [0.4, 0.5) is 5.69 Å². The van der Waals surface area contributed by atoms with E-state index in [9.17, 15) is 4.79 Å². The van der Waals surface area contributed by atoms with Gasteiger partial charge < -0.3 is 10.2 Å². The normalized spacial score (nSPS) is 10.9. The maximum absolute atomic E-state index is 12.7. The fourth-order valence-corrected chi connectivity index (χ4v) is 2.16. The number of benzene rings is 1. The molecule has 0 aliphatic heterocycles. The Kier molecular flexibility index (Phi) is 5.67. The summed E-state index contributed by atoms with van der Waals surface area (Å²) in [5.41, 5.74) is 1.44. The number of amides is 1. The van der Waals surface area contributed by atoms with Crippen molar-refractivity contribution in [2.75, 3.05) is 18.9 Å². The van der Waals surface area contributed by atoms with Gasteiger partial charge in [0, 0.05) is 30.3 Å². The van der Waals surface area contributed by atoms with Gasteiger partial charge >= 0.3 is 0 Å². The summed E-state index contributed by atoms with van der Waals surface area (Å²) in [5, 5.41) is 3.62. The van der Waals surface area contributed by atoms with Gasteiger partial charge in [-0.2, -0.15) is 0 Å². The Morgan fingerprint density at radius 1 is 1.32 bits per heavy atom. The van der Waals surface area contributed by atoms with Crippen LogP contribution in [0, 0.1) is 5.92 Å². The van der Waals surface area contributed by atoms with Gasteiger partial charge in [-0.05, 0) is 38.0 Å². The maximum Gasteiger partial charge on any atom is 0.256 e. The molecule has 0 unspecified atom stereocenters. The van der Waals surface area contributed by atoms with Crippen LogP contribution in [0.15, 0.2) is 18.2 Å². The molecule has 0 fully saturated rings. The molecule has 4 heteroatoms. The average molecular weight is 283 g/mol. The molecule has 0 aliphatic rings. The van der Waals surface area contributed by atoms with Crippen molar-refractivity contribution < 1.29 is 4.79 Å². The summed E-state index contributed by atoms with van der Waals surface area (Å²) in [6, 6.07) is 5.51. The van der Waals surface area contributed by atoms with Crippen molar-refractivity contribution in [3.8, 4) is 0 Å². The Bertz CT molecular complexity index is 444. The van der Waals surface area contributed by atoms with Crippen molar-refractivity contribution in [3.05, 3.63) is 28.8 Å². The van der Waals surface area contributed by atoms with Crippen molar-refractivity contribution >= 4 is 23.2 Å². The van der Waals surface area contributed by atoms with Crippen LogP contribution in [0.5, 0.6) is 0 Å². The van der Waals surface area contributed by atoms with E-state index in [1.165, 1.54) is 0 Å². The number of nitrogens with one attached hydrogen (secondary N) is 1. The molecule has 1 aromatic carbocycles. The van der Waals surface area contributed by atoms with Gasteiger partial charge in [-0.3, -0.25) is 4.79 Å². The van der Waals surface area contributed by atoms with E-state index in [-0.39, 0.29) is 11.9 Å². The molecule has 0 spiro atoms. The zero-order valence-electron chi connectivity index (χ0n) is 12.3. The van der Waals surface area contributed by atoms with Gasteiger partial charge in [0.2, 0.25) is 0 Å². The van der Waals surface area contributed by atoms with Crippen LogP contribution in [-0.2, 0) is 0 Å². The highest BCUT2D eigenvalue weighted by molar-refractivity contribution is 6.31. The van der Waals surface area contributed by atoms with Crippen LogP contribution >= 0.6 is 11.6 Å². The van der Waals surface area contributed by atoms with E-state index in [4.69, 9.17) is 11.6 Å². The Balaban J connectivity index is 3.12. The second kappa shape index (κ2) is 6.80. The van der Waals surface area contributed by atoms with E-state index in [2.05, 4.69) is 19.2 Å². The largest absolute Gasteiger partial charge is 0.387 e. The molecular formula is C15H23ClN2O. The van der Waals surface area contributed by atoms with Gasteiger partial charge in [0.1, 0.15) is 0 Å². The van der Waals surface area contributed by atoms with Crippen molar-refractivity contribution in [2.24, 2.45) is 5.92 Å². The first-order chi connectivity index (χ1) is 8.86. The van der Waals surface area contributed by atoms with E-state index < -0.39 is 0 Å². The monoisotopic (exact) mass is 282 g/mol. The zero-order valence-corrected chi connectivity index (χ0v) is 13.1. The molecule has 0 bridgehead atoms. The van der Waals surface area contributed by atoms with Gasteiger partial charge in [-0.1, -0.05) is 25.4 Å². The molecule has 1 aromatic rings. The third kappa shape index (κ3) is 4.13. The summed E-state index contributed by atoms with van der Waals surface area (Å²) in [7, 11) is 1.81. The summed E-state index contributed by atoms with van der Waals surface area (Å²) in [5.74, 6) is 0.458. The molecule has 0 aliphatic carbocycles. The molecule has 19 heavy (non-hydrogen) atoms. The number of carbonyl (C=O) groups is 1. The van der Waals surface area contributed by atoms with E-state index in [1.807, 2.05) is 31.9 Å². The second-order valence-corrected chi connectivity index (χ2v) is 5.82. The third-order valence-corrected chi connectivity index (χ3v) is 3.16. The highest BCUT2D eigenvalue weighted by atomic mass is 35.5. The molecule has 0 saturated carbocycles. The molecule has 106 valence electrons. The number of carbonyl (C=O) groups excluding carboxylic acids is 1. The van der Waals surface area contributed by atoms with Gasteiger partial charge in [0.15, 0.2) is 0 Å². The molecule has 0 atom stereocenters. The molecule has 1 rings (SSSR count). The summed E-state index contributed by atoms with van der Waals surface area (Å²) >= 11 is 6.01. The fourth-order valence-electron chi connectivity index (χ4n) is 1.99. The third-order valence-electron chi connectivity index (χ3n) is 2.93. The highest BCUT2D eigenvalue weighted by Gasteiger charge is 2.22. The van der Waals surface area contributed by atoms with E-state index >= 15 is 0 Å². The van der Waals surface area contributed by atoms with Gasteiger partial charge in [-0.15, -0.1) is 0 Å². The topological polar surface area (TPSA) is 32.3 Å². The SMILES string of the molecule is CNc1ccc(Cl)cc1C(=O)N(CC(C)C)C(C)C. The first-order valence-corrected chi connectivity index (χ1v) is 7.02. The van der Waals surface area contributed by atoms with Crippen molar-refractivity contribution in [1.82, 2.24) is 4.90 Å². The van der Waals surface area contributed by atoms with Crippen LogP contribution in [0.3, 0.4) is 0 Å². The van der Waals surface area contributed by atoms with Gasteiger partial charge in [0.05, 0.1) is 5.56 Å². The summed E-state index contributed by atoms with van der Waals surface area (Å²) in [6.07, 6.45) is 0. The molecule has 1 amide bonds. The number of hydrogen-bond donors (Lipinski definition) is 1. The van der Waals surface area contributed by atoms with Crippen LogP contribution < -0.4 is 5.32 Å². The van der Waals surface area contributed by atoms with Crippen LogP contribution in [0.1, 0.15) is 38.1 Å². The minimum atomic E-state index is 0.0237. The van der Waals surface area contributed by atoms with E-state index in [0.29, 0.717) is 16.5 Å². The summed E-state index contributed by atoms with van der Waals surface area (Å²) in [6.45, 7) is 9.03. The standard InChI is InChI=1S/C15H23ClN2O/c1-10(2)9-18(11(3)4)15(19)13-8-12(16)6-7-14(13)17-5/h6-8,10-11,17H,9H2,1-5H3. The van der Waals surface area contributed by atoms with Gasteiger partial charge in [0.25, 0.3) is 5.91 Å². The first kappa shape index (κ1) is 15.8. The maximum atomic E-state index is 12.7. The lowest BCUT2D eigenvalue weighted by Gasteiger charge is -2.29. The lowest BCUT2D eigenvalue weighted by Crippen LogP contribution is -2.39. The van der Waals surface area contributed by atoms with E-state index in [1.54, 1.807) is 12.1 Å². The number of hydrogen-bond acceptors (Lipinski definition) is 2. The Morgan fingerprint density at radius 3 is 2.42 bits per heavy atom. The molecule has 3 nitrogen and oxygen atoms in total. The van der Waals surface area contributed by atoms with Gasteiger partial charge in [-0.25, -0.2) is 0 Å². The Morgan fingerprint density at radius 2 is 1.95 bits per heavy atom. The smallest absolute Gasteiger partial charge is 0.256 e. The quantitative estimate of drug-likeness (QED) is 0.889. The lowest BCUT2D eigenvalue weighted by molar-refractivity contribution is 0.0683. The molecule has 0 radical (unpaired) electrons. The minimum Gasteiger partial charge on any atom is -0.387 e. The van der Waals surface area contributed by atoms with E-state index in [0.717, 1.165) is 12.2 Å².